The molecule has 0 heterocycles. The lowest BCUT2D eigenvalue weighted by Crippen LogP contribution is -2.11. The van der Waals surface area contributed by atoms with Crippen LogP contribution in [0.3, 0.4) is 0 Å². The first kappa shape index (κ1) is 39.3. The van der Waals surface area contributed by atoms with Crippen molar-refractivity contribution >= 4 is 33.9 Å². The Bertz CT molecular complexity index is 1420. The Morgan fingerprint density at radius 3 is 1.60 bits per heavy atom. The summed E-state index contributed by atoms with van der Waals surface area (Å²) < 4.78 is 8.44. The van der Waals surface area contributed by atoms with Gasteiger partial charge in [-0.2, -0.15) is 0 Å². The first-order valence-corrected chi connectivity index (χ1v) is 18.2. The van der Waals surface area contributed by atoms with Gasteiger partial charge in [-0.1, -0.05) is 102 Å². The van der Waals surface area contributed by atoms with Crippen molar-refractivity contribution in [2.75, 3.05) is 5.32 Å². The van der Waals surface area contributed by atoms with E-state index in [1.165, 1.54) is 82.8 Å². The SMILES string of the molecule is CCCCCCCCCCCCCCCC(=O)Nc1ccc(S(=N)c2ccc([N+](=O)[O-])cc2)cc1.Cc1cc(C)c(C(=O)O)c(C)c1. The molecule has 3 aromatic carbocycles. The molecule has 0 bridgehead atoms. The molecule has 9 heteroatoms. The predicted molar refractivity (Wildman–Crippen MR) is 193 cm³/mol. The number of carbonyl (C=O) groups excluding carboxylic acids is 1. The number of nitrogens with zero attached hydrogens (tertiary/aromatic N) is 1. The number of hydrogen-bond acceptors (Lipinski definition) is 5. The highest BCUT2D eigenvalue weighted by atomic mass is 32.2. The lowest BCUT2D eigenvalue weighted by molar-refractivity contribution is -0.384. The Hall–Kier alpha value is -3.85. The molecule has 0 spiro atoms. The quantitative estimate of drug-likeness (QED) is 0.0666. The van der Waals surface area contributed by atoms with Crippen LogP contribution >= 0.6 is 0 Å². The van der Waals surface area contributed by atoms with Crippen LogP contribution in [0.2, 0.25) is 0 Å². The first-order chi connectivity index (χ1) is 22.5. The van der Waals surface area contributed by atoms with E-state index in [9.17, 15) is 19.7 Å². The number of anilines is 1. The minimum Gasteiger partial charge on any atom is -0.478 e. The van der Waals surface area contributed by atoms with Crippen LogP contribution in [-0.4, -0.2) is 21.9 Å². The molecule has 47 heavy (non-hydrogen) atoms. The third kappa shape index (κ3) is 15.1. The number of rotatable bonds is 19. The summed E-state index contributed by atoms with van der Waals surface area (Å²) in [5.74, 6) is -0.814. The molecule has 256 valence electrons. The fraction of sp³-hybridized carbons (Fsp3) is 0.474. The fourth-order valence-electron chi connectivity index (χ4n) is 5.56. The molecule has 0 aliphatic heterocycles. The zero-order valence-electron chi connectivity index (χ0n) is 28.6. The number of amides is 1. The Morgan fingerprint density at radius 1 is 0.745 bits per heavy atom. The minimum atomic E-state index is -0.938. The largest absolute Gasteiger partial charge is 0.478 e. The molecule has 3 aromatic rings. The van der Waals surface area contributed by atoms with Crippen LogP contribution in [0.4, 0.5) is 11.4 Å². The van der Waals surface area contributed by atoms with Crippen LogP contribution in [0, 0.1) is 35.7 Å². The smallest absolute Gasteiger partial charge is 0.336 e. The third-order valence-corrected chi connectivity index (χ3v) is 9.54. The van der Waals surface area contributed by atoms with E-state index in [1.807, 2.05) is 57.2 Å². The lowest BCUT2D eigenvalue weighted by atomic mass is 10.0. The van der Waals surface area contributed by atoms with Gasteiger partial charge in [-0.3, -0.25) is 19.7 Å². The van der Waals surface area contributed by atoms with E-state index < -0.39 is 21.6 Å². The van der Waals surface area contributed by atoms with Crippen molar-refractivity contribution in [2.45, 2.75) is 127 Å². The molecule has 1 unspecified atom stereocenters. The third-order valence-electron chi connectivity index (χ3n) is 8.06. The highest BCUT2D eigenvalue weighted by molar-refractivity contribution is 7.86. The normalized spacial score (nSPS) is 11.3. The number of aryl methyl sites for hydroxylation is 3. The second kappa shape index (κ2) is 21.9. The fourth-order valence-corrected chi connectivity index (χ4v) is 6.65. The lowest BCUT2D eigenvalue weighted by Gasteiger charge is -2.09. The molecule has 8 nitrogen and oxygen atoms in total. The number of aromatic carboxylic acids is 1. The van der Waals surface area contributed by atoms with E-state index in [-0.39, 0.29) is 11.6 Å². The van der Waals surface area contributed by atoms with Gasteiger partial charge in [0.05, 0.1) is 10.5 Å². The number of hydrogen-bond donors (Lipinski definition) is 3. The van der Waals surface area contributed by atoms with E-state index in [1.54, 1.807) is 12.1 Å². The number of carboxylic acids is 1. The monoisotopic (exact) mass is 663 g/mol. The molecule has 1 amide bonds. The van der Waals surface area contributed by atoms with E-state index in [0.29, 0.717) is 12.0 Å². The number of benzene rings is 3. The van der Waals surface area contributed by atoms with Crippen molar-refractivity contribution in [3.63, 3.8) is 0 Å². The zero-order valence-corrected chi connectivity index (χ0v) is 29.4. The summed E-state index contributed by atoms with van der Waals surface area (Å²) in [6, 6.07) is 17.2. The van der Waals surface area contributed by atoms with Gasteiger partial charge in [0.1, 0.15) is 0 Å². The molecular weight excluding hydrogens is 611 g/mol. The van der Waals surface area contributed by atoms with Gasteiger partial charge in [0.15, 0.2) is 0 Å². The van der Waals surface area contributed by atoms with Gasteiger partial charge in [0.25, 0.3) is 5.69 Å². The minimum absolute atomic E-state index is 0.0207. The topological polar surface area (TPSA) is 133 Å². The maximum absolute atomic E-state index is 12.2. The molecule has 0 saturated carbocycles. The highest BCUT2D eigenvalue weighted by Gasteiger charge is 2.11. The summed E-state index contributed by atoms with van der Waals surface area (Å²) in [5.41, 5.74) is 3.96. The Kier molecular flexibility index (Phi) is 18.3. The van der Waals surface area contributed by atoms with Gasteiger partial charge >= 0.3 is 5.97 Å². The highest BCUT2D eigenvalue weighted by Crippen LogP contribution is 2.22. The molecule has 0 aliphatic rings. The summed E-state index contributed by atoms with van der Waals surface area (Å²) in [6.45, 7) is 7.87. The molecule has 3 rings (SSSR count). The number of carbonyl (C=O) groups is 2. The second-order valence-corrected chi connectivity index (χ2v) is 13.8. The average Bonchev–Trinajstić information content (AvgIpc) is 3.03. The van der Waals surface area contributed by atoms with Crippen LogP contribution in [0.15, 0.2) is 70.5 Å². The number of non-ortho nitro benzene ring substituents is 1. The first-order valence-electron chi connectivity index (χ1n) is 16.9. The average molecular weight is 664 g/mol. The number of nitro benzene ring substituents is 1. The number of carboxylic acid groups (broad SMARTS) is 1. The van der Waals surface area contributed by atoms with Crippen molar-refractivity contribution in [1.82, 2.24) is 0 Å². The van der Waals surface area contributed by atoms with E-state index in [0.717, 1.165) is 45.0 Å². The van der Waals surface area contributed by atoms with E-state index in [2.05, 4.69) is 12.2 Å². The van der Waals surface area contributed by atoms with Gasteiger partial charge in [-0.05, 0) is 85.4 Å². The molecule has 0 fully saturated rings. The van der Waals surface area contributed by atoms with Crippen molar-refractivity contribution in [3.05, 3.63) is 93.0 Å². The molecule has 0 aliphatic carbocycles. The molecule has 0 saturated heterocycles. The molecule has 0 aromatic heterocycles. The Morgan fingerprint density at radius 2 is 1.17 bits per heavy atom. The second-order valence-electron chi connectivity index (χ2n) is 12.2. The van der Waals surface area contributed by atoms with Crippen LogP contribution in [0.25, 0.3) is 0 Å². The van der Waals surface area contributed by atoms with E-state index in [4.69, 9.17) is 9.89 Å². The van der Waals surface area contributed by atoms with Crippen LogP contribution in [0.5, 0.6) is 0 Å². The summed E-state index contributed by atoms with van der Waals surface area (Å²) in [4.78, 5) is 34.9. The Labute approximate surface area is 283 Å². The molecule has 0 radical (unpaired) electrons. The molecule has 1 atom stereocenters. The van der Waals surface area contributed by atoms with E-state index >= 15 is 0 Å². The number of nitrogens with one attached hydrogen (secondary N) is 2. The predicted octanol–water partition coefficient (Wildman–Crippen LogP) is 11.1. The van der Waals surface area contributed by atoms with Crippen molar-refractivity contribution < 1.29 is 19.6 Å². The van der Waals surface area contributed by atoms with Crippen LogP contribution < -0.4 is 5.32 Å². The summed E-state index contributed by atoms with van der Waals surface area (Å²) in [5, 5.41) is 22.6. The van der Waals surface area contributed by atoms with Crippen LogP contribution in [-0.2, 0) is 15.5 Å². The maximum Gasteiger partial charge on any atom is 0.336 e. The zero-order chi connectivity index (χ0) is 34.6. The van der Waals surface area contributed by atoms with Crippen molar-refractivity contribution in [2.24, 2.45) is 0 Å². The van der Waals surface area contributed by atoms with Crippen LogP contribution in [0.1, 0.15) is 124 Å². The standard InChI is InChI=1S/C28H41N3O3S.C10H12O2/c1-2-3-4-5-6-7-8-9-10-11-12-13-14-15-28(32)30-24-16-20-26(21-17-24)35(29)27-22-18-25(19-23-27)31(33)34;1-6-4-7(2)9(10(11)12)8(3)5-6/h16-23,29H,2-15H2,1H3,(H,30,32);4-5H,1-3H3,(H,11,12). The number of unbranched alkanes of at least 4 members (excludes halogenated alkanes) is 12. The Balaban J connectivity index is 0.000000535. The summed E-state index contributed by atoms with van der Waals surface area (Å²) in [7, 11) is -0.938. The molecule has 3 N–H and O–H groups in total. The van der Waals surface area contributed by atoms with Gasteiger partial charge in [0.2, 0.25) is 5.91 Å². The van der Waals surface area contributed by atoms with Gasteiger partial charge in [-0.15, -0.1) is 0 Å². The van der Waals surface area contributed by atoms with Gasteiger partial charge < -0.3 is 10.4 Å². The van der Waals surface area contributed by atoms with Crippen molar-refractivity contribution in [3.8, 4) is 0 Å². The molecular formula is C38H53N3O5S. The summed E-state index contributed by atoms with van der Waals surface area (Å²) in [6.07, 6.45) is 17.3. The number of nitro groups is 1. The maximum atomic E-state index is 12.2. The van der Waals surface area contributed by atoms with Crippen molar-refractivity contribution in [1.29, 1.82) is 4.78 Å². The van der Waals surface area contributed by atoms with Gasteiger partial charge in [0, 0.05) is 34.0 Å². The van der Waals surface area contributed by atoms with Gasteiger partial charge in [-0.25, -0.2) is 4.79 Å². The summed E-state index contributed by atoms with van der Waals surface area (Å²) >= 11 is 0.